The molecule has 6 nitrogen and oxygen atoms in total. The van der Waals surface area contributed by atoms with Crippen molar-refractivity contribution in [3.05, 3.63) is 0 Å². The number of amides is 2. The first-order chi connectivity index (χ1) is 12.5. The summed E-state index contributed by atoms with van der Waals surface area (Å²) in [5, 5.41) is 5.90. The first-order valence-corrected chi connectivity index (χ1v) is 12.2. The van der Waals surface area contributed by atoms with Crippen LogP contribution in [0.1, 0.15) is 46.5 Å². The molecule has 154 valence electrons. The topological polar surface area (TPSA) is 87.5 Å². The van der Waals surface area contributed by atoms with E-state index in [2.05, 4.69) is 36.3 Å². The predicted molar refractivity (Wildman–Crippen MR) is 115 cm³/mol. The van der Waals surface area contributed by atoms with E-state index in [0.717, 1.165) is 44.0 Å². The first-order valence-electron chi connectivity index (χ1n) is 9.69. The fourth-order valence-corrected chi connectivity index (χ4v) is 3.99. The molecular formula is C18H38N4O2S2. The van der Waals surface area contributed by atoms with Gasteiger partial charge in [0.2, 0.25) is 11.8 Å². The van der Waals surface area contributed by atoms with Crippen LogP contribution in [0.25, 0.3) is 0 Å². The van der Waals surface area contributed by atoms with Crippen molar-refractivity contribution in [2.75, 3.05) is 50.8 Å². The van der Waals surface area contributed by atoms with Crippen LogP contribution in [0.5, 0.6) is 0 Å². The van der Waals surface area contributed by atoms with Gasteiger partial charge in [0.1, 0.15) is 0 Å². The summed E-state index contributed by atoms with van der Waals surface area (Å²) in [4.78, 5) is 25.6. The molecule has 4 N–H and O–H groups in total. The number of carbonyl (C=O) groups excluding carboxylic acids is 2. The molecule has 0 unspecified atom stereocenters. The molecule has 0 aromatic carbocycles. The van der Waals surface area contributed by atoms with Gasteiger partial charge in [0.05, 0.1) is 0 Å². The third-order valence-electron chi connectivity index (χ3n) is 3.83. The molecule has 0 fully saturated rings. The number of nitrogens with two attached hydrogens (primary N) is 1. The van der Waals surface area contributed by atoms with E-state index < -0.39 is 0 Å². The van der Waals surface area contributed by atoms with Crippen LogP contribution < -0.4 is 16.4 Å². The van der Waals surface area contributed by atoms with Gasteiger partial charge in [-0.15, -0.1) is 0 Å². The zero-order valence-corrected chi connectivity index (χ0v) is 18.4. The van der Waals surface area contributed by atoms with Crippen molar-refractivity contribution in [3.63, 3.8) is 0 Å². The Morgan fingerprint density at radius 3 is 2.08 bits per heavy atom. The maximum absolute atomic E-state index is 11.8. The molecule has 2 amide bonds. The van der Waals surface area contributed by atoms with Crippen molar-refractivity contribution in [3.8, 4) is 0 Å². The highest BCUT2D eigenvalue weighted by Crippen LogP contribution is 2.19. The molecule has 0 saturated carbocycles. The third kappa shape index (κ3) is 17.0. The largest absolute Gasteiger partial charge is 0.355 e. The highest BCUT2D eigenvalue weighted by Gasteiger charge is 2.06. The number of hydrogen-bond donors (Lipinski definition) is 3. The molecular weight excluding hydrogens is 368 g/mol. The summed E-state index contributed by atoms with van der Waals surface area (Å²) in [6.07, 6.45) is 3.07. The summed E-state index contributed by atoms with van der Waals surface area (Å²) in [5.74, 6) is 2.58. The van der Waals surface area contributed by atoms with E-state index in [9.17, 15) is 9.59 Å². The maximum Gasteiger partial charge on any atom is 0.221 e. The van der Waals surface area contributed by atoms with Crippen LogP contribution >= 0.6 is 21.6 Å². The van der Waals surface area contributed by atoms with E-state index >= 15 is 0 Å². The van der Waals surface area contributed by atoms with Crippen molar-refractivity contribution >= 4 is 33.4 Å². The molecule has 0 bridgehead atoms. The quantitative estimate of drug-likeness (QED) is 0.253. The summed E-state index contributed by atoms with van der Waals surface area (Å²) in [6.45, 7) is 11.1. The minimum Gasteiger partial charge on any atom is -0.355 e. The summed E-state index contributed by atoms with van der Waals surface area (Å²) in [7, 11) is 3.46. The molecule has 0 atom stereocenters. The van der Waals surface area contributed by atoms with E-state index in [1.165, 1.54) is 0 Å². The van der Waals surface area contributed by atoms with Gasteiger partial charge in [0, 0.05) is 44.0 Å². The van der Waals surface area contributed by atoms with E-state index in [1.54, 1.807) is 21.6 Å². The van der Waals surface area contributed by atoms with Crippen LogP contribution in [0.2, 0.25) is 0 Å². The Bertz CT molecular complexity index is 371. The second-order valence-electron chi connectivity index (χ2n) is 6.60. The van der Waals surface area contributed by atoms with Gasteiger partial charge in [-0.05, 0) is 38.4 Å². The predicted octanol–water partition coefficient (Wildman–Crippen LogP) is 2.10. The average Bonchev–Trinajstić information content (AvgIpc) is 2.62. The molecule has 0 rings (SSSR count). The molecule has 0 aromatic heterocycles. The van der Waals surface area contributed by atoms with Crippen LogP contribution in [-0.4, -0.2) is 67.5 Å². The van der Waals surface area contributed by atoms with E-state index in [1.807, 2.05) is 0 Å². The van der Waals surface area contributed by atoms with Crippen LogP contribution in [-0.2, 0) is 9.59 Å². The molecule has 0 aliphatic heterocycles. The van der Waals surface area contributed by atoms with Crippen LogP contribution in [0.3, 0.4) is 0 Å². The fourth-order valence-electron chi connectivity index (χ4n) is 2.18. The highest BCUT2D eigenvalue weighted by atomic mass is 33.1. The molecule has 0 aliphatic carbocycles. The van der Waals surface area contributed by atoms with Gasteiger partial charge >= 0.3 is 0 Å². The van der Waals surface area contributed by atoms with Gasteiger partial charge < -0.3 is 21.3 Å². The van der Waals surface area contributed by atoms with Crippen molar-refractivity contribution in [1.29, 1.82) is 0 Å². The van der Waals surface area contributed by atoms with Gasteiger partial charge in [-0.25, -0.2) is 0 Å². The van der Waals surface area contributed by atoms with Crippen LogP contribution in [0.4, 0.5) is 0 Å². The van der Waals surface area contributed by atoms with E-state index in [0.29, 0.717) is 38.4 Å². The number of carbonyl (C=O) groups is 2. The smallest absolute Gasteiger partial charge is 0.221 e. The molecule has 0 saturated heterocycles. The Morgan fingerprint density at radius 1 is 1.00 bits per heavy atom. The molecule has 26 heavy (non-hydrogen) atoms. The van der Waals surface area contributed by atoms with Gasteiger partial charge in [-0.2, -0.15) is 0 Å². The van der Waals surface area contributed by atoms with Gasteiger partial charge in [-0.1, -0.05) is 42.4 Å². The fraction of sp³-hybridized carbons (Fsp3) is 0.889. The summed E-state index contributed by atoms with van der Waals surface area (Å²) >= 11 is 0. The van der Waals surface area contributed by atoms with Crippen molar-refractivity contribution in [1.82, 2.24) is 15.5 Å². The standard InChI is InChI=1S/C18H38N4O2S2/c1-4-22(12-5-9-19)13-8-18(24)21-11-15-26-25-14-10-20-17(23)7-6-16(2)3/h16H,4-15,19H2,1-3H3,(H,20,23)(H,21,24). The first kappa shape index (κ1) is 25.6. The van der Waals surface area contributed by atoms with Gasteiger partial charge in [0.25, 0.3) is 0 Å². The molecule has 0 radical (unpaired) electrons. The van der Waals surface area contributed by atoms with E-state index in [-0.39, 0.29) is 11.8 Å². The zero-order chi connectivity index (χ0) is 19.6. The minimum absolute atomic E-state index is 0.110. The monoisotopic (exact) mass is 406 g/mol. The lowest BCUT2D eigenvalue weighted by atomic mass is 10.1. The lowest BCUT2D eigenvalue weighted by Crippen LogP contribution is -2.32. The lowest BCUT2D eigenvalue weighted by Gasteiger charge is -2.19. The van der Waals surface area contributed by atoms with Gasteiger partial charge in [0.15, 0.2) is 0 Å². The Kier molecular flexibility index (Phi) is 17.6. The number of nitrogens with one attached hydrogen (secondary N) is 2. The molecule has 0 heterocycles. The highest BCUT2D eigenvalue weighted by molar-refractivity contribution is 8.76. The normalized spacial score (nSPS) is 11.2. The molecule has 8 heteroatoms. The second kappa shape index (κ2) is 17.9. The van der Waals surface area contributed by atoms with E-state index in [4.69, 9.17) is 5.73 Å². The lowest BCUT2D eigenvalue weighted by molar-refractivity contribution is -0.122. The zero-order valence-electron chi connectivity index (χ0n) is 16.7. The number of rotatable bonds is 17. The molecule has 0 spiro atoms. The second-order valence-corrected chi connectivity index (χ2v) is 9.30. The summed E-state index contributed by atoms with van der Waals surface area (Å²) in [6, 6.07) is 0. The van der Waals surface area contributed by atoms with Gasteiger partial charge in [-0.3, -0.25) is 9.59 Å². The molecule has 0 aliphatic rings. The van der Waals surface area contributed by atoms with Crippen molar-refractivity contribution in [2.24, 2.45) is 11.7 Å². The SMILES string of the molecule is CCN(CCCN)CCC(=O)NCCSSCCNC(=O)CCC(C)C. The Morgan fingerprint density at radius 2 is 1.58 bits per heavy atom. The van der Waals surface area contributed by atoms with Crippen molar-refractivity contribution in [2.45, 2.75) is 46.5 Å². The maximum atomic E-state index is 11.8. The molecule has 0 aromatic rings. The summed E-state index contributed by atoms with van der Waals surface area (Å²) in [5.41, 5.74) is 5.52. The summed E-state index contributed by atoms with van der Waals surface area (Å²) < 4.78 is 0. The average molecular weight is 407 g/mol. The Balaban J connectivity index is 3.46. The Labute approximate surface area is 167 Å². The van der Waals surface area contributed by atoms with Crippen molar-refractivity contribution < 1.29 is 9.59 Å². The minimum atomic E-state index is 0.110. The van der Waals surface area contributed by atoms with Crippen LogP contribution in [0.15, 0.2) is 0 Å². The third-order valence-corrected chi connectivity index (χ3v) is 6.24. The number of nitrogens with zero attached hydrogens (tertiary/aromatic N) is 1. The van der Waals surface area contributed by atoms with Crippen LogP contribution in [0, 0.1) is 5.92 Å². The Hall–Kier alpha value is -0.440. The number of hydrogen-bond acceptors (Lipinski definition) is 6.